The minimum Gasteiger partial charge on any atom is -0.477 e. The number of hydrogen-bond acceptors (Lipinski definition) is 3. The predicted molar refractivity (Wildman–Crippen MR) is 79.4 cm³/mol. The van der Waals surface area contributed by atoms with Gasteiger partial charge in [0.2, 0.25) is 5.91 Å². The largest absolute Gasteiger partial charge is 0.477 e. The number of carbonyl (C=O) groups excluding carboxylic acids is 1. The summed E-state index contributed by atoms with van der Waals surface area (Å²) in [7, 11) is 1.66. The first-order chi connectivity index (χ1) is 10.1. The third-order valence-corrected chi connectivity index (χ3v) is 4.11. The van der Waals surface area contributed by atoms with Crippen molar-refractivity contribution in [2.24, 2.45) is 0 Å². The third-order valence-electron chi connectivity index (χ3n) is 4.11. The van der Waals surface area contributed by atoms with Crippen molar-refractivity contribution in [3.63, 3.8) is 0 Å². The summed E-state index contributed by atoms with van der Waals surface area (Å²) >= 11 is 0. The molecule has 0 aliphatic carbocycles. The number of likely N-dealkylation sites (tertiary alicyclic amines) is 1. The normalized spacial score (nSPS) is 16.8. The molecule has 1 aromatic rings. The van der Waals surface area contributed by atoms with Crippen molar-refractivity contribution in [3.05, 3.63) is 24.0 Å². The fourth-order valence-electron chi connectivity index (χ4n) is 2.90. The second-order valence-corrected chi connectivity index (χ2v) is 5.46. The van der Waals surface area contributed by atoms with Crippen LogP contribution < -0.4 is 5.32 Å². The Hall–Kier alpha value is -1.82. The summed E-state index contributed by atoms with van der Waals surface area (Å²) in [6.07, 6.45) is 5.20. The summed E-state index contributed by atoms with van der Waals surface area (Å²) in [5, 5.41) is 11.8. The van der Waals surface area contributed by atoms with Gasteiger partial charge in [-0.1, -0.05) is 0 Å². The lowest BCUT2D eigenvalue weighted by molar-refractivity contribution is -0.120. The second kappa shape index (κ2) is 7.26. The first kappa shape index (κ1) is 15.6. The van der Waals surface area contributed by atoms with Gasteiger partial charge in [0, 0.05) is 38.8 Å². The summed E-state index contributed by atoms with van der Waals surface area (Å²) in [4.78, 5) is 24.7. The van der Waals surface area contributed by atoms with E-state index in [-0.39, 0.29) is 11.9 Å². The lowest BCUT2D eigenvalue weighted by Crippen LogP contribution is -2.36. The Kier molecular flexibility index (Phi) is 5.38. The quantitative estimate of drug-likeness (QED) is 0.830. The molecule has 1 amide bonds. The molecule has 1 aliphatic rings. The average molecular weight is 293 g/mol. The zero-order valence-corrected chi connectivity index (χ0v) is 12.4. The summed E-state index contributed by atoms with van der Waals surface area (Å²) in [6, 6.07) is 3.71. The van der Waals surface area contributed by atoms with Crippen LogP contribution in [0.2, 0.25) is 0 Å². The van der Waals surface area contributed by atoms with E-state index in [1.54, 1.807) is 19.2 Å². The van der Waals surface area contributed by atoms with E-state index in [4.69, 9.17) is 5.11 Å². The van der Waals surface area contributed by atoms with Crippen LogP contribution in [0.1, 0.15) is 42.2 Å². The molecule has 21 heavy (non-hydrogen) atoms. The van der Waals surface area contributed by atoms with Gasteiger partial charge in [0.1, 0.15) is 5.69 Å². The number of aromatic nitrogens is 1. The van der Waals surface area contributed by atoms with Crippen LogP contribution in [0.4, 0.5) is 0 Å². The summed E-state index contributed by atoms with van der Waals surface area (Å²) in [6.45, 7) is 2.84. The van der Waals surface area contributed by atoms with E-state index in [1.165, 1.54) is 0 Å². The lowest BCUT2D eigenvalue weighted by atomic mass is 10.0. The Labute approximate surface area is 124 Å². The van der Waals surface area contributed by atoms with Crippen molar-refractivity contribution < 1.29 is 14.7 Å². The monoisotopic (exact) mass is 293 g/mol. The van der Waals surface area contributed by atoms with Gasteiger partial charge in [0.15, 0.2) is 0 Å². The molecule has 2 rings (SSSR count). The number of nitrogens with zero attached hydrogens (tertiary/aromatic N) is 2. The SMILES string of the molecule is CNC(=O)CCCN1CCC(n2cccc2C(=O)O)CC1. The van der Waals surface area contributed by atoms with E-state index in [1.807, 2.05) is 10.8 Å². The zero-order chi connectivity index (χ0) is 15.2. The topological polar surface area (TPSA) is 74.6 Å². The Bertz CT molecular complexity index is 490. The minimum atomic E-state index is -0.868. The molecule has 0 radical (unpaired) electrons. The molecule has 1 aromatic heterocycles. The first-order valence-electron chi connectivity index (χ1n) is 7.45. The second-order valence-electron chi connectivity index (χ2n) is 5.46. The molecule has 1 aliphatic heterocycles. The highest BCUT2D eigenvalue weighted by molar-refractivity contribution is 5.85. The highest BCUT2D eigenvalue weighted by Gasteiger charge is 2.23. The molecule has 6 heteroatoms. The number of amides is 1. The maximum Gasteiger partial charge on any atom is 0.352 e. The number of nitrogens with one attached hydrogen (secondary N) is 1. The third kappa shape index (κ3) is 4.07. The Morgan fingerprint density at radius 1 is 1.38 bits per heavy atom. The van der Waals surface area contributed by atoms with Gasteiger partial charge in [0.05, 0.1) is 0 Å². The van der Waals surface area contributed by atoms with Gasteiger partial charge in [-0.2, -0.15) is 0 Å². The van der Waals surface area contributed by atoms with Gasteiger partial charge < -0.3 is 19.9 Å². The standard InChI is InChI=1S/C15H23N3O3/c1-16-14(19)5-3-8-17-10-6-12(7-11-17)18-9-2-4-13(18)15(20)21/h2,4,9,12H,3,5-8,10-11H2,1H3,(H,16,19)(H,20,21). The molecule has 0 atom stereocenters. The molecule has 116 valence electrons. The number of piperidine rings is 1. The highest BCUT2D eigenvalue weighted by Crippen LogP contribution is 2.24. The van der Waals surface area contributed by atoms with Crippen LogP contribution in [0.25, 0.3) is 0 Å². The van der Waals surface area contributed by atoms with E-state index in [0.29, 0.717) is 12.1 Å². The molecule has 0 unspecified atom stereocenters. The van der Waals surface area contributed by atoms with Crippen molar-refractivity contribution in [3.8, 4) is 0 Å². The molecule has 0 saturated carbocycles. The van der Waals surface area contributed by atoms with Crippen molar-refractivity contribution in [1.82, 2.24) is 14.8 Å². The van der Waals surface area contributed by atoms with E-state index in [0.717, 1.165) is 38.9 Å². The molecule has 2 N–H and O–H groups in total. The summed E-state index contributed by atoms with van der Waals surface area (Å²) < 4.78 is 1.88. The molecule has 0 aromatic carbocycles. The van der Waals surface area contributed by atoms with Crippen molar-refractivity contribution in [2.45, 2.75) is 31.7 Å². The van der Waals surface area contributed by atoms with Crippen molar-refractivity contribution in [2.75, 3.05) is 26.7 Å². The van der Waals surface area contributed by atoms with E-state index in [2.05, 4.69) is 10.2 Å². The van der Waals surface area contributed by atoms with Crippen LogP contribution in [0.5, 0.6) is 0 Å². The van der Waals surface area contributed by atoms with E-state index >= 15 is 0 Å². The van der Waals surface area contributed by atoms with Crippen LogP contribution in [0, 0.1) is 0 Å². The van der Waals surface area contributed by atoms with E-state index < -0.39 is 5.97 Å². The Balaban J connectivity index is 1.79. The maximum atomic E-state index is 11.2. The molecular formula is C15H23N3O3. The van der Waals surface area contributed by atoms with Gasteiger partial charge in [-0.25, -0.2) is 4.79 Å². The Morgan fingerprint density at radius 2 is 2.10 bits per heavy atom. The summed E-state index contributed by atoms with van der Waals surface area (Å²) in [5.74, 6) is -0.781. The van der Waals surface area contributed by atoms with Crippen molar-refractivity contribution in [1.29, 1.82) is 0 Å². The first-order valence-corrected chi connectivity index (χ1v) is 7.45. The number of rotatable bonds is 6. The Morgan fingerprint density at radius 3 is 2.71 bits per heavy atom. The van der Waals surface area contributed by atoms with Crippen LogP contribution in [0.15, 0.2) is 18.3 Å². The van der Waals surface area contributed by atoms with Gasteiger partial charge in [-0.15, -0.1) is 0 Å². The fraction of sp³-hybridized carbons (Fsp3) is 0.600. The van der Waals surface area contributed by atoms with Crippen LogP contribution in [-0.4, -0.2) is 53.1 Å². The molecule has 0 bridgehead atoms. The smallest absolute Gasteiger partial charge is 0.352 e. The lowest BCUT2D eigenvalue weighted by Gasteiger charge is -2.33. The van der Waals surface area contributed by atoms with Crippen LogP contribution >= 0.6 is 0 Å². The highest BCUT2D eigenvalue weighted by atomic mass is 16.4. The van der Waals surface area contributed by atoms with Crippen LogP contribution in [0.3, 0.4) is 0 Å². The van der Waals surface area contributed by atoms with Crippen molar-refractivity contribution >= 4 is 11.9 Å². The zero-order valence-electron chi connectivity index (χ0n) is 12.4. The fourth-order valence-corrected chi connectivity index (χ4v) is 2.90. The number of carboxylic acid groups (broad SMARTS) is 1. The molecule has 2 heterocycles. The number of hydrogen-bond donors (Lipinski definition) is 2. The summed E-state index contributed by atoms with van der Waals surface area (Å²) in [5.41, 5.74) is 0.369. The van der Waals surface area contributed by atoms with Crippen LogP contribution in [-0.2, 0) is 4.79 Å². The van der Waals surface area contributed by atoms with Gasteiger partial charge in [0.25, 0.3) is 0 Å². The minimum absolute atomic E-state index is 0.0864. The van der Waals surface area contributed by atoms with E-state index in [9.17, 15) is 9.59 Å². The van der Waals surface area contributed by atoms with Gasteiger partial charge in [-0.3, -0.25) is 4.79 Å². The number of aromatic carboxylic acids is 1. The average Bonchev–Trinajstić information content (AvgIpc) is 2.97. The van der Waals surface area contributed by atoms with Gasteiger partial charge in [-0.05, 0) is 37.9 Å². The number of carbonyl (C=O) groups is 2. The molecular weight excluding hydrogens is 270 g/mol. The molecule has 0 spiro atoms. The maximum absolute atomic E-state index is 11.2. The molecule has 1 fully saturated rings. The molecule has 1 saturated heterocycles. The number of carboxylic acids is 1. The van der Waals surface area contributed by atoms with Gasteiger partial charge >= 0.3 is 5.97 Å². The molecule has 6 nitrogen and oxygen atoms in total. The predicted octanol–water partition coefficient (Wildman–Crippen LogP) is 1.35.